The molecule has 1 amide bonds. The Hall–Kier alpha value is -2.50. The third kappa shape index (κ3) is 8.64. The van der Waals surface area contributed by atoms with Crippen LogP contribution in [-0.4, -0.2) is 25.5 Å². The number of hydrogen-bond acceptors (Lipinski definition) is 4. The quantitative estimate of drug-likeness (QED) is 0.238. The number of rotatable bonds is 10. The molecular weight excluding hydrogens is 402 g/mol. The van der Waals surface area contributed by atoms with Crippen LogP contribution >= 0.6 is 12.6 Å². The predicted molar refractivity (Wildman–Crippen MR) is 139 cm³/mol. The van der Waals surface area contributed by atoms with E-state index in [4.69, 9.17) is 0 Å². The summed E-state index contributed by atoms with van der Waals surface area (Å²) in [6.07, 6.45) is 14.2. The van der Waals surface area contributed by atoms with Crippen LogP contribution in [0.1, 0.15) is 50.9 Å². The van der Waals surface area contributed by atoms with Crippen molar-refractivity contribution in [3.8, 4) is 0 Å². The minimum Gasteiger partial charge on any atom is -0.351 e. The smallest absolute Gasteiger partial charge is 0.251 e. The van der Waals surface area contributed by atoms with Crippen molar-refractivity contribution in [2.24, 2.45) is 0 Å². The van der Waals surface area contributed by atoms with Gasteiger partial charge in [0.15, 0.2) is 0 Å². The molecule has 1 aliphatic carbocycles. The van der Waals surface area contributed by atoms with Crippen molar-refractivity contribution >= 4 is 24.2 Å². The van der Waals surface area contributed by atoms with Crippen molar-refractivity contribution in [3.63, 3.8) is 0 Å². The number of benzene rings is 1. The van der Waals surface area contributed by atoms with Crippen LogP contribution in [0.25, 0.3) is 0 Å². The fraction of sp³-hybridized carbons (Fsp3) is 0.346. The van der Waals surface area contributed by atoms with E-state index in [0.29, 0.717) is 12.1 Å². The first-order valence-corrected chi connectivity index (χ1v) is 11.5. The van der Waals surface area contributed by atoms with Crippen molar-refractivity contribution in [1.29, 1.82) is 0 Å². The van der Waals surface area contributed by atoms with Crippen LogP contribution in [0, 0.1) is 0 Å². The highest BCUT2D eigenvalue weighted by Crippen LogP contribution is 2.30. The Morgan fingerprint density at radius 2 is 1.90 bits per heavy atom. The lowest BCUT2D eigenvalue weighted by Crippen LogP contribution is -2.31. The average Bonchev–Trinajstić information content (AvgIpc) is 2.81. The summed E-state index contributed by atoms with van der Waals surface area (Å²) in [5, 5.41) is 6.13. The molecule has 0 heterocycles. The van der Waals surface area contributed by atoms with E-state index in [1.54, 1.807) is 6.08 Å². The predicted octanol–water partition coefficient (Wildman–Crippen LogP) is 6.00. The van der Waals surface area contributed by atoms with Gasteiger partial charge in [0.05, 0.1) is 5.70 Å². The summed E-state index contributed by atoms with van der Waals surface area (Å²) in [6.45, 7) is 14.1. The average molecular weight is 440 g/mol. The number of hydrogen-bond donors (Lipinski definition) is 3. The summed E-state index contributed by atoms with van der Waals surface area (Å²) in [4.78, 5) is 15.4. The molecule has 1 aromatic carbocycles. The van der Waals surface area contributed by atoms with Crippen LogP contribution in [0.4, 0.5) is 5.69 Å². The highest BCUT2D eigenvalue weighted by molar-refractivity contribution is 7.84. The summed E-state index contributed by atoms with van der Waals surface area (Å²) in [7, 11) is 0. The van der Waals surface area contributed by atoms with E-state index in [-0.39, 0.29) is 5.91 Å². The molecule has 31 heavy (non-hydrogen) atoms. The van der Waals surface area contributed by atoms with Crippen LogP contribution in [0.5, 0.6) is 0 Å². The van der Waals surface area contributed by atoms with Gasteiger partial charge in [-0.1, -0.05) is 51.7 Å². The second-order valence-corrected chi connectivity index (χ2v) is 7.34. The van der Waals surface area contributed by atoms with Crippen molar-refractivity contribution in [3.05, 3.63) is 89.2 Å². The minimum absolute atomic E-state index is 0.0644. The van der Waals surface area contributed by atoms with Gasteiger partial charge in [0.25, 0.3) is 5.91 Å². The Morgan fingerprint density at radius 1 is 1.19 bits per heavy atom. The van der Waals surface area contributed by atoms with Gasteiger partial charge in [0.1, 0.15) is 0 Å². The van der Waals surface area contributed by atoms with Crippen LogP contribution in [0.3, 0.4) is 0 Å². The van der Waals surface area contributed by atoms with Gasteiger partial charge >= 0.3 is 0 Å². The van der Waals surface area contributed by atoms with Gasteiger partial charge in [-0.3, -0.25) is 4.79 Å². The van der Waals surface area contributed by atoms with E-state index in [1.165, 1.54) is 0 Å². The lowest BCUT2D eigenvalue weighted by atomic mass is 10.1. The highest BCUT2D eigenvalue weighted by atomic mass is 32.1. The fourth-order valence-corrected chi connectivity index (χ4v) is 3.19. The van der Waals surface area contributed by atoms with Crippen molar-refractivity contribution in [1.82, 2.24) is 10.6 Å². The van der Waals surface area contributed by atoms with Crippen molar-refractivity contribution in [2.45, 2.75) is 40.5 Å². The molecule has 0 spiro atoms. The molecule has 4 nitrogen and oxygen atoms in total. The van der Waals surface area contributed by atoms with E-state index >= 15 is 0 Å². The van der Waals surface area contributed by atoms with E-state index in [9.17, 15) is 4.79 Å². The largest absolute Gasteiger partial charge is 0.351 e. The zero-order chi connectivity index (χ0) is 23.1. The third-order valence-corrected chi connectivity index (χ3v) is 4.69. The van der Waals surface area contributed by atoms with Crippen molar-refractivity contribution < 1.29 is 4.79 Å². The lowest BCUT2D eigenvalue weighted by Gasteiger charge is -2.29. The monoisotopic (exact) mass is 439 g/mol. The molecule has 0 atom stereocenters. The molecule has 2 N–H and O–H groups in total. The summed E-state index contributed by atoms with van der Waals surface area (Å²) in [6, 6.07) is 7.67. The number of carbonyl (C=O) groups excluding carboxylic acids is 1. The molecule has 1 aromatic rings. The second-order valence-electron chi connectivity index (χ2n) is 6.67. The Balaban J connectivity index is 0.00000233. The maximum Gasteiger partial charge on any atom is 0.251 e. The molecule has 0 fully saturated rings. The van der Waals surface area contributed by atoms with E-state index in [1.807, 2.05) is 64.1 Å². The molecule has 0 bridgehead atoms. The fourth-order valence-electron chi connectivity index (χ4n) is 3.01. The van der Waals surface area contributed by atoms with Crippen LogP contribution in [-0.2, 0) is 0 Å². The zero-order valence-corrected chi connectivity index (χ0v) is 20.2. The number of allylic oxidation sites excluding steroid dienone is 7. The molecule has 5 heteroatoms. The molecular formula is C26H37N3OS. The van der Waals surface area contributed by atoms with Gasteiger partial charge in [0, 0.05) is 34.9 Å². The normalized spacial score (nSPS) is 13.6. The molecule has 0 saturated heterocycles. The second kappa shape index (κ2) is 15.3. The van der Waals surface area contributed by atoms with Gasteiger partial charge in [-0.25, -0.2) is 0 Å². The molecule has 0 saturated carbocycles. The standard InChI is InChI=1S/C24H31N3OS.C2H6/c1-4-6-12-23(19(3)29)27(21-10-8-7-9-11-21)22-15-13-20(14-16-22)24(28)26-18-17-25-5-2;1-2/h4,6,8,10-16,25,29H,1,5,7,9,17-18H2,2-3H3,(H,26,28);1-2H3/b12-6-,23-19-;. The highest BCUT2D eigenvalue weighted by Gasteiger charge is 2.17. The molecule has 0 unspecified atom stereocenters. The van der Waals surface area contributed by atoms with E-state index < -0.39 is 0 Å². The van der Waals surface area contributed by atoms with Gasteiger partial charge < -0.3 is 15.5 Å². The molecule has 1 aliphatic rings. The summed E-state index contributed by atoms with van der Waals surface area (Å²) in [5.74, 6) is -0.0644. The topological polar surface area (TPSA) is 44.4 Å². The maximum absolute atomic E-state index is 12.4. The molecule has 0 aromatic heterocycles. The number of amides is 1. The van der Waals surface area contributed by atoms with Crippen LogP contribution < -0.4 is 15.5 Å². The molecule has 0 radical (unpaired) electrons. The summed E-state index contributed by atoms with van der Waals surface area (Å²) < 4.78 is 0. The minimum atomic E-state index is -0.0644. The SMILES string of the molecule is C=C/C=C\C(=C(/C)S)N(C1=CCCC=C1)c1ccc(C(=O)NCCNCC)cc1.CC. The Morgan fingerprint density at radius 3 is 2.45 bits per heavy atom. The lowest BCUT2D eigenvalue weighted by molar-refractivity contribution is 0.0954. The first kappa shape index (κ1) is 26.5. The Labute approximate surface area is 193 Å². The number of likely N-dealkylation sites (N-methyl/N-ethyl adjacent to an activating group) is 1. The maximum atomic E-state index is 12.4. The van der Waals surface area contributed by atoms with Gasteiger partial charge in [0.2, 0.25) is 0 Å². The number of carbonyl (C=O) groups is 1. The van der Waals surface area contributed by atoms with E-state index in [2.05, 4.69) is 53.0 Å². The first-order valence-electron chi connectivity index (χ1n) is 11.0. The number of anilines is 1. The Bertz CT molecular complexity index is 816. The van der Waals surface area contributed by atoms with Gasteiger partial charge in [-0.05, 0) is 62.7 Å². The number of nitrogens with zero attached hydrogens (tertiary/aromatic N) is 1. The number of thiol groups is 1. The van der Waals surface area contributed by atoms with Crippen LogP contribution in [0.2, 0.25) is 0 Å². The Kier molecular flexibility index (Phi) is 13.1. The van der Waals surface area contributed by atoms with Gasteiger partial charge in [-0.15, -0.1) is 12.6 Å². The summed E-state index contributed by atoms with van der Waals surface area (Å²) >= 11 is 4.61. The van der Waals surface area contributed by atoms with Crippen molar-refractivity contribution in [2.75, 3.05) is 24.5 Å². The first-order chi connectivity index (χ1) is 15.1. The molecule has 2 rings (SSSR count). The van der Waals surface area contributed by atoms with Gasteiger partial charge in [-0.2, -0.15) is 0 Å². The van der Waals surface area contributed by atoms with E-state index in [0.717, 1.165) is 47.9 Å². The zero-order valence-electron chi connectivity index (χ0n) is 19.3. The van der Waals surface area contributed by atoms with Crippen LogP contribution in [0.15, 0.2) is 83.6 Å². The molecule has 168 valence electrons. The third-order valence-electron chi connectivity index (χ3n) is 4.46. The summed E-state index contributed by atoms with van der Waals surface area (Å²) in [5.41, 5.74) is 3.68. The number of nitrogens with one attached hydrogen (secondary N) is 2. The molecule has 0 aliphatic heterocycles.